The van der Waals surface area contributed by atoms with Gasteiger partial charge in [-0.15, -0.1) is 0 Å². The molecule has 8 nitrogen and oxygen atoms in total. The summed E-state index contributed by atoms with van der Waals surface area (Å²) in [5.41, 5.74) is 0.786. The van der Waals surface area contributed by atoms with Crippen LogP contribution in [0.2, 0.25) is 0 Å². The summed E-state index contributed by atoms with van der Waals surface area (Å²) < 4.78 is 10.1. The third-order valence-corrected chi connectivity index (χ3v) is 3.32. The van der Waals surface area contributed by atoms with Crippen molar-refractivity contribution in [2.75, 3.05) is 13.7 Å². The molecule has 0 aliphatic heterocycles. The van der Waals surface area contributed by atoms with E-state index in [0.29, 0.717) is 5.75 Å². The van der Waals surface area contributed by atoms with Gasteiger partial charge in [0.2, 0.25) is 0 Å². The molecule has 0 saturated carbocycles. The highest BCUT2D eigenvalue weighted by atomic mass is 16.6. The molecule has 1 N–H and O–H groups in total. The van der Waals surface area contributed by atoms with E-state index in [-0.39, 0.29) is 17.8 Å². The van der Waals surface area contributed by atoms with Gasteiger partial charge in [0.15, 0.2) is 6.61 Å². The molecule has 0 aliphatic carbocycles. The van der Waals surface area contributed by atoms with Gasteiger partial charge in [-0.3, -0.25) is 14.9 Å². The number of non-ortho nitro benzene ring substituents is 1. The maximum Gasteiger partial charge on any atom is 0.338 e. The van der Waals surface area contributed by atoms with Crippen molar-refractivity contribution >= 4 is 17.6 Å². The van der Waals surface area contributed by atoms with E-state index >= 15 is 0 Å². The second-order valence-corrected chi connectivity index (χ2v) is 4.97. The Labute approximate surface area is 143 Å². The molecule has 2 aromatic carbocycles. The number of para-hydroxylation sites is 1. The van der Waals surface area contributed by atoms with Crippen LogP contribution in [-0.4, -0.2) is 30.5 Å². The Balaban J connectivity index is 1.83. The van der Waals surface area contributed by atoms with Gasteiger partial charge in [-0.25, -0.2) is 4.79 Å². The van der Waals surface area contributed by atoms with Crippen molar-refractivity contribution in [3.8, 4) is 5.75 Å². The first kappa shape index (κ1) is 17.9. The number of nitrogens with one attached hydrogen (secondary N) is 1. The van der Waals surface area contributed by atoms with Crippen LogP contribution in [-0.2, 0) is 16.1 Å². The van der Waals surface area contributed by atoms with Gasteiger partial charge in [0, 0.05) is 24.2 Å². The van der Waals surface area contributed by atoms with Crippen molar-refractivity contribution in [3.63, 3.8) is 0 Å². The Morgan fingerprint density at radius 2 is 1.80 bits per heavy atom. The molecule has 0 heterocycles. The predicted molar refractivity (Wildman–Crippen MR) is 88.2 cm³/mol. The summed E-state index contributed by atoms with van der Waals surface area (Å²) in [6, 6.07) is 12.1. The number of benzene rings is 2. The zero-order valence-electron chi connectivity index (χ0n) is 13.4. The fourth-order valence-electron chi connectivity index (χ4n) is 2.03. The van der Waals surface area contributed by atoms with Crippen LogP contribution < -0.4 is 10.1 Å². The fraction of sp³-hybridized carbons (Fsp3) is 0.176. The zero-order valence-corrected chi connectivity index (χ0v) is 13.4. The van der Waals surface area contributed by atoms with Gasteiger partial charge in [-0.05, 0) is 18.2 Å². The smallest absolute Gasteiger partial charge is 0.338 e. The van der Waals surface area contributed by atoms with Crippen LogP contribution in [0.3, 0.4) is 0 Å². The molecule has 0 radical (unpaired) electrons. The van der Waals surface area contributed by atoms with Crippen molar-refractivity contribution in [1.82, 2.24) is 5.32 Å². The summed E-state index contributed by atoms with van der Waals surface area (Å²) in [6.07, 6.45) is 0. The van der Waals surface area contributed by atoms with Crippen molar-refractivity contribution in [3.05, 3.63) is 69.8 Å². The molecule has 25 heavy (non-hydrogen) atoms. The first-order chi connectivity index (χ1) is 12.0. The maximum absolute atomic E-state index is 11.8. The van der Waals surface area contributed by atoms with Crippen LogP contribution in [0.15, 0.2) is 48.5 Å². The lowest BCUT2D eigenvalue weighted by Gasteiger charge is -2.10. The van der Waals surface area contributed by atoms with Crippen LogP contribution in [0, 0.1) is 10.1 Å². The molecule has 0 unspecified atom stereocenters. The second kappa shape index (κ2) is 8.44. The first-order valence-electron chi connectivity index (χ1n) is 7.31. The number of esters is 1. The third kappa shape index (κ3) is 5.03. The van der Waals surface area contributed by atoms with E-state index in [0.717, 1.165) is 5.56 Å². The van der Waals surface area contributed by atoms with Crippen molar-refractivity contribution < 1.29 is 24.0 Å². The van der Waals surface area contributed by atoms with Gasteiger partial charge >= 0.3 is 5.97 Å². The van der Waals surface area contributed by atoms with Crippen LogP contribution in [0.25, 0.3) is 0 Å². The number of nitrogens with zero attached hydrogens (tertiary/aromatic N) is 1. The molecule has 8 heteroatoms. The molecule has 0 aromatic heterocycles. The third-order valence-electron chi connectivity index (χ3n) is 3.32. The van der Waals surface area contributed by atoms with E-state index in [2.05, 4.69) is 5.32 Å². The monoisotopic (exact) mass is 344 g/mol. The van der Waals surface area contributed by atoms with Gasteiger partial charge in [0.25, 0.3) is 11.6 Å². The number of nitro benzene ring substituents is 1. The minimum Gasteiger partial charge on any atom is -0.496 e. The summed E-state index contributed by atoms with van der Waals surface area (Å²) in [5, 5.41) is 13.2. The van der Waals surface area contributed by atoms with Gasteiger partial charge in [0.05, 0.1) is 17.6 Å². The summed E-state index contributed by atoms with van der Waals surface area (Å²) in [7, 11) is 1.53. The van der Waals surface area contributed by atoms with E-state index < -0.39 is 23.4 Å². The lowest BCUT2D eigenvalue weighted by Crippen LogP contribution is -2.28. The highest BCUT2D eigenvalue weighted by Gasteiger charge is 2.12. The first-order valence-corrected chi connectivity index (χ1v) is 7.31. The van der Waals surface area contributed by atoms with Crippen LogP contribution in [0.1, 0.15) is 15.9 Å². The number of amides is 1. The summed E-state index contributed by atoms with van der Waals surface area (Å²) in [5.74, 6) is -0.561. The lowest BCUT2D eigenvalue weighted by atomic mass is 10.2. The van der Waals surface area contributed by atoms with Crippen molar-refractivity contribution in [1.29, 1.82) is 0 Å². The minimum absolute atomic E-state index is 0.128. The van der Waals surface area contributed by atoms with Crippen molar-refractivity contribution in [2.24, 2.45) is 0 Å². The zero-order chi connectivity index (χ0) is 18.2. The number of nitro groups is 1. The molecule has 0 spiro atoms. The largest absolute Gasteiger partial charge is 0.496 e. The second-order valence-electron chi connectivity index (χ2n) is 4.97. The van der Waals surface area contributed by atoms with Gasteiger partial charge in [-0.1, -0.05) is 18.2 Å². The Morgan fingerprint density at radius 3 is 2.44 bits per heavy atom. The molecule has 0 fully saturated rings. The minimum atomic E-state index is -0.734. The lowest BCUT2D eigenvalue weighted by molar-refractivity contribution is -0.384. The molecular formula is C17H16N2O6. The quantitative estimate of drug-likeness (QED) is 0.468. The van der Waals surface area contributed by atoms with E-state index in [4.69, 9.17) is 9.47 Å². The molecule has 0 atom stereocenters. The molecule has 1 amide bonds. The van der Waals surface area contributed by atoms with E-state index in [9.17, 15) is 19.7 Å². The molecule has 0 bridgehead atoms. The van der Waals surface area contributed by atoms with E-state index in [1.54, 1.807) is 6.07 Å². The standard InChI is InChI=1S/C17H16N2O6/c1-24-15-5-3-2-4-13(15)10-18-16(20)11-25-17(21)12-6-8-14(9-7-12)19(22)23/h2-9H,10-11H2,1H3,(H,18,20). The predicted octanol–water partition coefficient (Wildman–Crippen LogP) is 2.08. The average molecular weight is 344 g/mol. The van der Waals surface area contributed by atoms with E-state index in [1.165, 1.54) is 31.4 Å². The number of rotatable bonds is 7. The number of hydrogen-bond donors (Lipinski definition) is 1. The summed E-state index contributed by atoms with van der Waals surface area (Å²) in [6.45, 7) is -0.219. The molecule has 0 saturated heterocycles. The Kier molecular flexibility index (Phi) is 6.05. The van der Waals surface area contributed by atoms with Crippen molar-refractivity contribution in [2.45, 2.75) is 6.54 Å². The van der Waals surface area contributed by atoms with Crippen LogP contribution in [0.4, 0.5) is 5.69 Å². The summed E-state index contributed by atoms with van der Waals surface area (Å²) >= 11 is 0. The number of hydrogen-bond acceptors (Lipinski definition) is 6. The Morgan fingerprint density at radius 1 is 1.12 bits per heavy atom. The number of carbonyl (C=O) groups excluding carboxylic acids is 2. The highest BCUT2D eigenvalue weighted by Crippen LogP contribution is 2.16. The van der Waals surface area contributed by atoms with Gasteiger partial charge in [-0.2, -0.15) is 0 Å². The van der Waals surface area contributed by atoms with Crippen LogP contribution in [0.5, 0.6) is 5.75 Å². The molecular weight excluding hydrogens is 328 g/mol. The highest BCUT2D eigenvalue weighted by molar-refractivity contribution is 5.91. The molecule has 130 valence electrons. The fourth-order valence-corrected chi connectivity index (χ4v) is 2.03. The molecule has 2 aromatic rings. The molecule has 2 rings (SSSR count). The summed E-state index contributed by atoms with van der Waals surface area (Å²) in [4.78, 5) is 33.6. The average Bonchev–Trinajstić information content (AvgIpc) is 2.64. The topological polar surface area (TPSA) is 108 Å². The Bertz CT molecular complexity index is 773. The van der Waals surface area contributed by atoms with E-state index in [1.807, 2.05) is 18.2 Å². The number of ether oxygens (including phenoxy) is 2. The van der Waals surface area contributed by atoms with Gasteiger partial charge in [0.1, 0.15) is 5.75 Å². The SMILES string of the molecule is COc1ccccc1CNC(=O)COC(=O)c1ccc([N+](=O)[O-])cc1. The maximum atomic E-state index is 11.8. The van der Waals surface area contributed by atoms with Crippen LogP contribution >= 0.6 is 0 Å². The number of carbonyl (C=O) groups is 2. The van der Waals surface area contributed by atoms with Gasteiger partial charge < -0.3 is 14.8 Å². The number of methoxy groups -OCH3 is 1. The molecule has 0 aliphatic rings. The Hall–Kier alpha value is -3.42. The normalized spacial score (nSPS) is 9.96.